The molecule has 76 valence electrons. The van der Waals surface area contributed by atoms with Gasteiger partial charge < -0.3 is 21.0 Å². The smallest absolute Gasteiger partial charge is 0.292 e. The van der Waals surface area contributed by atoms with Crippen LogP contribution in [0.3, 0.4) is 0 Å². The first-order valence-corrected chi connectivity index (χ1v) is 4.41. The summed E-state index contributed by atoms with van der Waals surface area (Å²) < 4.78 is 5.12. The number of benzene rings is 1. The summed E-state index contributed by atoms with van der Waals surface area (Å²) in [5.74, 6) is -0.313. The maximum absolute atomic E-state index is 7.17. The van der Waals surface area contributed by atoms with Crippen molar-refractivity contribution in [1.82, 2.24) is 4.98 Å². The molecule has 5 heteroatoms. The minimum atomic E-state index is -0.313. The van der Waals surface area contributed by atoms with Gasteiger partial charge in [0.05, 0.1) is 5.92 Å². The first-order valence-electron chi connectivity index (χ1n) is 4.41. The fourth-order valence-corrected chi connectivity index (χ4v) is 1.41. The van der Waals surface area contributed by atoms with Crippen LogP contribution in [0, 0.1) is 10.8 Å². The highest BCUT2D eigenvalue weighted by Crippen LogP contribution is 2.21. The van der Waals surface area contributed by atoms with Crippen molar-refractivity contribution in [2.24, 2.45) is 0 Å². The highest BCUT2D eigenvalue weighted by Gasteiger charge is 2.08. The zero-order chi connectivity index (χ0) is 10.8. The molecule has 0 spiro atoms. The van der Waals surface area contributed by atoms with E-state index in [0.29, 0.717) is 11.1 Å². The maximum Gasteiger partial charge on any atom is 0.292 e. The van der Waals surface area contributed by atoms with Crippen molar-refractivity contribution in [3.8, 4) is 0 Å². The van der Waals surface area contributed by atoms with E-state index in [0.717, 1.165) is 5.56 Å². The van der Waals surface area contributed by atoms with E-state index in [-0.39, 0.29) is 11.9 Å². The second-order valence-corrected chi connectivity index (χ2v) is 3.14. The molecule has 0 bridgehead atoms. The third-order valence-electron chi connectivity index (χ3n) is 2.17. The van der Waals surface area contributed by atoms with Gasteiger partial charge in [-0.15, -0.1) is 0 Å². The molecule has 0 atom stereocenters. The van der Waals surface area contributed by atoms with E-state index in [1.807, 2.05) is 0 Å². The van der Waals surface area contributed by atoms with Crippen LogP contribution in [0.2, 0.25) is 0 Å². The van der Waals surface area contributed by atoms with Crippen molar-refractivity contribution >= 4 is 29.5 Å². The Morgan fingerprint density at radius 3 is 2.73 bits per heavy atom. The molecule has 5 nitrogen and oxygen atoms in total. The normalized spacial score (nSPS) is 12.5. The van der Waals surface area contributed by atoms with Crippen LogP contribution in [0.5, 0.6) is 0 Å². The molecular weight excluding hydrogens is 192 g/mol. The van der Waals surface area contributed by atoms with E-state index in [1.165, 1.54) is 12.4 Å². The third kappa shape index (κ3) is 1.59. The van der Waals surface area contributed by atoms with Crippen LogP contribution < -0.4 is 5.73 Å². The van der Waals surface area contributed by atoms with Crippen LogP contribution in [-0.4, -0.2) is 17.4 Å². The maximum atomic E-state index is 7.17. The van der Waals surface area contributed by atoms with Gasteiger partial charge >= 0.3 is 0 Å². The molecule has 15 heavy (non-hydrogen) atoms. The summed E-state index contributed by atoms with van der Waals surface area (Å²) in [7, 11) is 0. The number of oxazole rings is 1. The summed E-state index contributed by atoms with van der Waals surface area (Å²) in [5, 5.41) is 14.3. The first-order chi connectivity index (χ1) is 7.24. The summed E-state index contributed by atoms with van der Waals surface area (Å²) in [5.41, 5.74) is 7.52. The van der Waals surface area contributed by atoms with Crippen molar-refractivity contribution in [2.75, 3.05) is 5.73 Å². The topological polar surface area (TPSA) is 99.8 Å². The lowest BCUT2D eigenvalue weighted by atomic mass is 10.0. The molecular formula is C10H10N4O. The Balaban J connectivity index is 2.54. The van der Waals surface area contributed by atoms with Crippen molar-refractivity contribution < 1.29 is 4.42 Å². The fourth-order valence-electron chi connectivity index (χ4n) is 1.41. The standard InChI is InChI=1S/C10H10N4O/c11-4-7(5-12)6-1-2-9-8(3-6)14-10(13)15-9/h1-5,7,11-12H,(H2,13,14). The number of nitrogens with two attached hydrogens (primary N) is 1. The second-order valence-electron chi connectivity index (χ2n) is 3.14. The lowest BCUT2D eigenvalue weighted by molar-refractivity contribution is 0.626. The number of rotatable bonds is 3. The average molecular weight is 202 g/mol. The molecule has 0 fully saturated rings. The average Bonchev–Trinajstić information content (AvgIpc) is 2.59. The number of aromatic nitrogens is 1. The van der Waals surface area contributed by atoms with Crippen LogP contribution in [0.1, 0.15) is 11.5 Å². The number of fused-ring (bicyclic) bond motifs is 1. The molecule has 1 aromatic carbocycles. The monoisotopic (exact) mass is 202 g/mol. The largest absolute Gasteiger partial charge is 0.424 e. The van der Waals surface area contributed by atoms with Gasteiger partial charge in [0, 0.05) is 12.4 Å². The highest BCUT2D eigenvalue weighted by atomic mass is 16.4. The van der Waals surface area contributed by atoms with Crippen LogP contribution in [0.15, 0.2) is 22.6 Å². The van der Waals surface area contributed by atoms with Crippen molar-refractivity contribution in [3.05, 3.63) is 23.8 Å². The molecule has 0 aliphatic rings. The zero-order valence-corrected chi connectivity index (χ0v) is 7.90. The molecule has 0 amide bonds. The number of nitrogens with zero attached hydrogens (tertiary/aromatic N) is 1. The molecule has 0 unspecified atom stereocenters. The lowest BCUT2D eigenvalue weighted by Gasteiger charge is -2.03. The summed E-state index contributed by atoms with van der Waals surface area (Å²) >= 11 is 0. The Morgan fingerprint density at radius 2 is 2.07 bits per heavy atom. The molecule has 4 N–H and O–H groups in total. The van der Waals surface area contributed by atoms with Crippen LogP contribution in [0.4, 0.5) is 6.01 Å². The number of anilines is 1. The summed E-state index contributed by atoms with van der Waals surface area (Å²) in [6.07, 6.45) is 2.41. The Morgan fingerprint density at radius 1 is 1.33 bits per heavy atom. The van der Waals surface area contributed by atoms with E-state index in [9.17, 15) is 0 Å². The molecule has 1 aromatic heterocycles. The van der Waals surface area contributed by atoms with E-state index < -0.39 is 0 Å². The SMILES string of the molecule is N=CC(C=N)c1ccc2oc(N)nc2c1. The lowest BCUT2D eigenvalue weighted by Crippen LogP contribution is -1.99. The molecule has 0 aliphatic carbocycles. The molecule has 0 saturated heterocycles. The van der Waals surface area contributed by atoms with E-state index >= 15 is 0 Å². The number of hydrogen-bond donors (Lipinski definition) is 3. The van der Waals surface area contributed by atoms with Crippen molar-refractivity contribution in [1.29, 1.82) is 10.8 Å². The van der Waals surface area contributed by atoms with Crippen molar-refractivity contribution in [3.63, 3.8) is 0 Å². The van der Waals surface area contributed by atoms with Crippen LogP contribution in [-0.2, 0) is 0 Å². The van der Waals surface area contributed by atoms with E-state index in [2.05, 4.69) is 4.98 Å². The molecule has 2 aromatic rings. The molecule has 0 radical (unpaired) electrons. The van der Waals surface area contributed by atoms with Crippen LogP contribution >= 0.6 is 0 Å². The number of hydrogen-bond acceptors (Lipinski definition) is 5. The Labute approximate surface area is 85.9 Å². The quantitative estimate of drug-likeness (QED) is 0.661. The zero-order valence-electron chi connectivity index (χ0n) is 7.90. The first kappa shape index (κ1) is 9.39. The predicted octanol–water partition coefficient (Wildman–Crippen LogP) is 1.79. The minimum Gasteiger partial charge on any atom is -0.424 e. The number of nitrogens with one attached hydrogen (secondary N) is 2. The predicted molar refractivity (Wildman–Crippen MR) is 58.7 cm³/mol. The Kier molecular flexibility index (Phi) is 2.21. The van der Waals surface area contributed by atoms with Gasteiger partial charge in [-0.25, -0.2) is 0 Å². The van der Waals surface area contributed by atoms with Gasteiger partial charge in [0.15, 0.2) is 5.58 Å². The third-order valence-corrected chi connectivity index (χ3v) is 2.17. The van der Waals surface area contributed by atoms with Crippen LogP contribution in [0.25, 0.3) is 11.1 Å². The van der Waals surface area contributed by atoms with Gasteiger partial charge in [-0.05, 0) is 17.7 Å². The minimum absolute atomic E-state index is 0.128. The summed E-state index contributed by atoms with van der Waals surface area (Å²) in [4.78, 5) is 3.99. The fraction of sp³-hybridized carbons (Fsp3) is 0.100. The Hall–Kier alpha value is -2.17. The Bertz CT molecular complexity index is 509. The van der Waals surface area contributed by atoms with Gasteiger partial charge in [-0.2, -0.15) is 4.98 Å². The van der Waals surface area contributed by atoms with Crippen molar-refractivity contribution in [2.45, 2.75) is 5.92 Å². The second kappa shape index (κ2) is 3.53. The summed E-state index contributed by atoms with van der Waals surface area (Å²) in [6.45, 7) is 0. The van der Waals surface area contributed by atoms with Gasteiger partial charge in [0.25, 0.3) is 6.01 Å². The number of nitrogen functional groups attached to an aromatic ring is 1. The highest BCUT2D eigenvalue weighted by molar-refractivity contribution is 5.89. The van der Waals surface area contributed by atoms with E-state index in [1.54, 1.807) is 18.2 Å². The van der Waals surface area contributed by atoms with Gasteiger partial charge in [-0.3, -0.25) is 0 Å². The molecule has 0 saturated carbocycles. The molecule has 2 rings (SSSR count). The molecule has 0 aliphatic heterocycles. The van der Waals surface area contributed by atoms with Gasteiger partial charge in [0.2, 0.25) is 0 Å². The van der Waals surface area contributed by atoms with Gasteiger partial charge in [-0.1, -0.05) is 6.07 Å². The molecule has 1 heterocycles. The van der Waals surface area contributed by atoms with E-state index in [4.69, 9.17) is 21.0 Å². The van der Waals surface area contributed by atoms with Gasteiger partial charge in [0.1, 0.15) is 5.52 Å². The summed E-state index contributed by atoms with van der Waals surface area (Å²) in [6, 6.07) is 5.45.